The molecule has 5 nitrogen and oxygen atoms in total. The van der Waals surface area contributed by atoms with Gasteiger partial charge in [-0.25, -0.2) is 5.43 Å². The Morgan fingerprint density at radius 3 is 2.76 bits per heavy atom. The number of nitrogens with two attached hydrogens (primary N) is 1. The molecular formula is C12H18N4O. The van der Waals surface area contributed by atoms with Crippen LogP contribution >= 0.6 is 0 Å². The molecule has 0 bridgehead atoms. The molecule has 2 rings (SSSR count). The fourth-order valence-corrected chi connectivity index (χ4v) is 2.03. The molecule has 0 spiro atoms. The number of nitrogens with one attached hydrogen (secondary N) is 1. The Hall–Kier alpha value is -1.59. The first-order chi connectivity index (χ1) is 8.11. The van der Waals surface area contributed by atoms with E-state index in [4.69, 9.17) is 10.3 Å². The SMILES string of the molecule is Cc1cc(CC(NN)c2occc2C)n(C)n1. The number of nitrogens with zero attached hydrogens (tertiary/aromatic N) is 2. The molecule has 0 saturated carbocycles. The number of aromatic nitrogens is 2. The number of hydrogen-bond acceptors (Lipinski definition) is 4. The molecule has 92 valence electrons. The lowest BCUT2D eigenvalue weighted by Gasteiger charge is -2.14. The minimum absolute atomic E-state index is 0.0280. The Morgan fingerprint density at radius 2 is 2.29 bits per heavy atom. The number of hydrazine groups is 1. The average molecular weight is 234 g/mol. The minimum atomic E-state index is -0.0280. The van der Waals surface area contributed by atoms with Crippen molar-refractivity contribution in [2.75, 3.05) is 0 Å². The molecule has 0 aromatic carbocycles. The van der Waals surface area contributed by atoms with Crippen LogP contribution in [0.2, 0.25) is 0 Å². The third-order valence-electron chi connectivity index (χ3n) is 2.93. The lowest BCUT2D eigenvalue weighted by atomic mass is 10.1. The highest BCUT2D eigenvalue weighted by Gasteiger charge is 2.18. The van der Waals surface area contributed by atoms with Gasteiger partial charge in [0.15, 0.2) is 0 Å². The summed E-state index contributed by atoms with van der Waals surface area (Å²) in [5.74, 6) is 6.48. The van der Waals surface area contributed by atoms with Crippen molar-refractivity contribution in [3.8, 4) is 0 Å². The van der Waals surface area contributed by atoms with E-state index in [9.17, 15) is 0 Å². The zero-order chi connectivity index (χ0) is 12.4. The molecule has 0 saturated heterocycles. The Labute approximate surface area is 101 Å². The maximum absolute atomic E-state index is 5.60. The second kappa shape index (κ2) is 4.73. The molecule has 17 heavy (non-hydrogen) atoms. The van der Waals surface area contributed by atoms with E-state index in [0.29, 0.717) is 0 Å². The van der Waals surface area contributed by atoms with Gasteiger partial charge < -0.3 is 4.42 Å². The van der Waals surface area contributed by atoms with E-state index in [2.05, 4.69) is 16.6 Å². The van der Waals surface area contributed by atoms with Gasteiger partial charge in [-0.05, 0) is 31.5 Å². The molecule has 0 aliphatic carbocycles. The van der Waals surface area contributed by atoms with Crippen molar-refractivity contribution >= 4 is 0 Å². The van der Waals surface area contributed by atoms with Gasteiger partial charge in [0.25, 0.3) is 0 Å². The zero-order valence-electron chi connectivity index (χ0n) is 10.4. The molecule has 0 fully saturated rings. The fraction of sp³-hybridized carbons (Fsp3) is 0.417. The van der Waals surface area contributed by atoms with Crippen molar-refractivity contribution in [1.82, 2.24) is 15.2 Å². The molecule has 1 atom stereocenters. The molecule has 2 aromatic rings. The molecule has 0 aliphatic rings. The van der Waals surface area contributed by atoms with Crippen LogP contribution in [-0.2, 0) is 13.5 Å². The van der Waals surface area contributed by atoms with Crippen LogP contribution in [0.3, 0.4) is 0 Å². The van der Waals surface area contributed by atoms with E-state index in [1.807, 2.05) is 31.6 Å². The van der Waals surface area contributed by atoms with Gasteiger partial charge in [-0.15, -0.1) is 0 Å². The van der Waals surface area contributed by atoms with Gasteiger partial charge in [0.1, 0.15) is 5.76 Å². The van der Waals surface area contributed by atoms with Crippen molar-refractivity contribution in [3.63, 3.8) is 0 Å². The number of hydrogen-bond donors (Lipinski definition) is 2. The Kier molecular flexibility index (Phi) is 3.31. The summed E-state index contributed by atoms with van der Waals surface area (Å²) < 4.78 is 7.34. The van der Waals surface area contributed by atoms with Crippen molar-refractivity contribution in [2.45, 2.75) is 26.3 Å². The summed E-state index contributed by atoms with van der Waals surface area (Å²) >= 11 is 0. The van der Waals surface area contributed by atoms with E-state index in [1.165, 1.54) is 0 Å². The van der Waals surface area contributed by atoms with Crippen LogP contribution in [-0.4, -0.2) is 9.78 Å². The monoisotopic (exact) mass is 234 g/mol. The Morgan fingerprint density at radius 1 is 1.53 bits per heavy atom. The highest BCUT2D eigenvalue weighted by atomic mass is 16.3. The molecule has 2 heterocycles. The first-order valence-electron chi connectivity index (χ1n) is 5.61. The molecule has 0 aliphatic heterocycles. The molecule has 1 unspecified atom stereocenters. The van der Waals surface area contributed by atoms with Crippen LogP contribution in [0, 0.1) is 13.8 Å². The summed E-state index contributed by atoms with van der Waals surface area (Å²) in [6, 6.07) is 3.97. The van der Waals surface area contributed by atoms with Crippen LogP contribution < -0.4 is 11.3 Å². The second-order valence-electron chi connectivity index (χ2n) is 4.29. The van der Waals surface area contributed by atoms with Crippen LogP contribution in [0.4, 0.5) is 0 Å². The molecular weight excluding hydrogens is 216 g/mol. The van der Waals surface area contributed by atoms with E-state index in [-0.39, 0.29) is 6.04 Å². The van der Waals surface area contributed by atoms with Crippen molar-refractivity contribution in [3.05, 3.63) is 41.1 Å². The van der Waals surface area contributed by atoms with Gasteiger partial charge in [-0.2, -0.15) is 5.10 Å². The minimum Gasteiger partial charge on any atom is -0.467 e. The quantitative estimate of drug-likeness (QED) is 0.619. The van der Waals surface area contributed by atoms with Crippen LogP contribution in [0.5, 0.6) is 0 Å². The van der Waals surface area contributed by atoms with E-state index in [1.54, 1.807) is 6.26 Å². The van der Waals surface area contributed by atoms with Crippen LogP contribution in [0.15, 0.2) is 22.8 Å². The van der Waals surface area contributed by atoms with Gasteiger partial charge >= 0.3 is 0 Å². The lowest BCUT2D eigenvalue weighted by Crippen LogP contribution is -2.30. The van der Waals surface area contributed by atoms with Crippen LogP contribution in [0.1, 0.15) is 28.8 Å². The predicted octanol–water partition coefficient (Wildman–Crippen LogP) is 1.38. The third-order valence-corrected chi connectivity index (χ3v) is 2.93. The maximum atomic E-state index is 5.60. The standard InChI is InChI=1S/C12H18N4O/c1-8-4-5-17-12(8)11(14-13)7-10-6-9(2)15-16(10)3/h4-6,11,14H,7,13H2,1-3H3. The van der Waals surface area contributed by atoms with Crippen molar-refractivity contribution < 1.29 is 4.42 Å². The summed E-state index contributed by atoms with van der Waals surface area (Å²) in [4.78, 5) is 0. The summed E-state index contributed by atoms with van der Waals surface area (Å²) in [5, 5.41) is 4.32. The van der Waals surface area contributed by atoms with Gasteiger partial charge in [-0.1, -0.05) is 0 Å². The average Bonchev–Trinajstić information content (AvgIpc) is 2.82. The van der Waals surface area contributed by atoms with E-state index < -0.39 is 0 Å². The highest BCUT2D eigenvalue weighted by molar-refractivity contribution is 5.21. The predicted molar refractivity (Wildman–Crippen MR) is 65.2 cm³/mol. The third kappa shape index (κ3) is 2.40. The lowest BCUT2D eigenvalue weighted by molar-refractivity contribution is 0.407. The smallest absolute Gasteiger partial charge is 0.125 e. The van der Waals surface area contributed by atoms with Gasteiger partial charge in [0.05, 0.1) is 18.0 Å². The molecule has 3 N–H and O–H groups in total. The summed E-state index contributed by atoms with van der Waals surface area (Å²) in [6.07, 6.45) is 2.44. The topological polar surface area (TPSA) is 69.0 Å². The highest BCUT2D eigenvalue weighted by Crippen LogP contribution is 2.22. The van der Waals surface area contributed by atoms with E-state index >= 15 is 0 Å². The summed E-state index contributed by atoms with van der Waals surface area (Å²) in [5.41, 5.74) is 6.03. The van der Waals surface area contributed by atoms with Crippen LogP contribution in [0.25, 0.3) is 0 Å². The number of rotatable bonds is 4. The van der Waals surface area contributed by atoms with Crippen molar-refractivity contribution in [1.29, 1.82) is 0 Å². The number of furan rings is 1. The summed E-state index contributed by atoms with van der Waals surface area (Å²) in [7, 11) is 1.94. The fourth-order valence-electron chi connectivity index (χ4n) is 2.03. The first-order valence-corrected chi connectivity index (χ1v) is 5.61. The van der Waals surface area contributed by atoms with Crippen molar-refractivity contribution in [2.24, 2.45) is 12.9 Å². The number of aryl methyl sites for hydroxylation is 3. The maximum Gasteiger partial charge on any atom is 0.125 e. The molecule has 0 amide bonds. The largest absolute Gasteiger partial charge is 0.467 e. The normalized spacial score (nSPS) is 12.9. The Balaban J connectivity index is 2.21. The molecule has 5 heteroatoms. The first kappa shape index (κ1) is 11.9. The van der Waals surface area contributed by atoms with E-state index in [0.717, 1.165) is 29.1 Å². The Bertz CT molecular complexity index is 500. The second-order valence-corrected chi connectivity index (χ2v) is 4.29. The molecule has 2 aromatic heterocycles. The summed E-state index contributed by atoms with van der Waals surface area (Å²) in [6.45, 7) is 3.99. The van der Waals surface area contributed by atoms with Gasteiger partial charge in [0, 0.05) is 19.2 Å². The molecule has 0 radical (unpaired) electrons. The van der Waals surface area contributed by atoms with Gasteiger partial charge in [0.2, 0.25) is 0 Å². The zero-order valence-corrected chi connectivity index (χ0v) is 10.4. The van der Waals surface area contributed by atoms with Gasteiger partial charge in [-0.3, -0.25) is 10.5 Å².